The molecule has 4 nitrogen and oxygen atoms in total. The fraction of sp³-hybridized carbons (Fsp3) is 0.438. The SMILES string of the molecule is CCCC(=O)NC(=S)c1sc(N2CCCC2)nc1-c1cccs1. The molecule has 3 heterocycles. The van der Waals surface area contributed by atoms with Gasteiger partial charge in [0.25, 0.3) is 0 Å². The van der Waals surface area contributed by atoms with Gasteiger partial charge in [-0.1, -0.05) is 36.5 Å². The summed E-state index contributed by atoms with van der Waals surface area (Å²) >= 11 is 8.72. The maximum atomic E-state index is 11.9. The van der Waals surface area contributed by atoms with Crippen molar-refractivity contribution in [2.24, 2.45) is 0 Å². The number of amides is 1. The van der Waals surface area contributed by atoms with Gasteiger partial charge in [0, 0.05) is 19.5 Å². The number of aromatic nitrogens is 1. The second kappa shape index (κ2) is 7.51. The fourth-order valence-corrected chi connectivity index (χ4v) is 4.71. The number of nitrogens with one attached hydrogen (secondary N) is 1. The summed E-state index contributed by atoms with van der Waals surface area (Å²) in [5.41, 5.74) is 0.897. The van der Waals surface area contributed by atoms with Gasteiger partial charge in [-0.25, -0.2) is 4.98 Å². The molecule has 122 valence electrons. The van der Waals surface area contributed by atoms with Crippen LogP contribution in [0.4, 0.5) is 5.13 Å². The van der Waals surface area contributed by atoms with Crippen molar-refractivity contribution in [3.63, 3.8) is 0 Å². The minimum Gasteiger partial charge on any atom is -0.348 e. The zero-order valence-electron chi connectivity index (χ0n) is 13.0. The molecule has 3 rings (SSSR count). The van der Waals surface area contributed by atoms with Gasteiger partial charge < -0.3 is 10.2 Å². The van der Waals surface area contributed by atoms with Crippen molar-refractivity contribution in [1.29, 1.82) is 0 Å². The van der Waals surface area contributed by atoms with Crippen molar-refractivity contribution in [2.45, 2.75) is 32.6 Å². The van der Waals surface area contributed by atoms with Crippen LogP contribution in [-0.4, -0.2) is 29.0 Å². The minimum atomic E-state index is -0.0225. The van der Waals surface area contributed by atoms with Crippen LogP contribution in [0.1, 0.15) is 37.5 Å². The number of anilines is 1. The van der Waals surface area contributed by atoms with E-state index < -0.39 is 0 Å². The maximum absolute atomic E-state index is 11.9. The molecule has 0 bridgehead atoms. The summed E-state index contributed by atoms with van der Waals surface area (Å²) in [4.78, 5) is 21.5. The Bertz CT molecular complexity index is 687. The first-order chi connectivity index (χ1) is 11.2. The first-order valence-corrected chi connectivity index (χ1v) is 9.93. The molecule has 1 saturated heterocycles. The zero-order valence-corrected chi connectivity index (χ0v) is 15.5. The summed E-state index contributed by atoms with van der Waals surface area (Å²) in [5.74, 6) is -0.0225. The van der Waals surface area contributed by atoms with E-state index in [1.807, 2.05) is 24.4 Å². The third kappa shape index (κ3) is 3.79. The Hall–Kier alpha value is -1.31. The molecule has 0 aromatic carbocycles. The number of carbonyl (C=O) groups excluding carboxylic acids is 1. The lowest BCUT2D eigenvalue weighted by Crippen LogP contribution is -2.28. The monoisotopic (exact) mass is 365 g/mol. The molecular weight excluding hydrogens is 346 g/mol. The Morgan fingerprint density at radius 3 is 2.87 bits per heavy atom. The number of thiophene rings is 1. The molecule has 0 unspecified atom stereocenters. The Morgan fingerprint density at radius 1 is 1.43 bits per heavy atom. The van der Waals surface area contributed by atoms with Crippen LogP contribution in [0.2, 0.25) is 0 Å². The Labute approximate surface area is 149 Å². The Kier molecular flexibility index (Phi) is 5.40. The molecule has 0 atom stereocenters. The third-order valence-electron chi connectivity index (χ3n) is 3.68. The average molecular weight is 366 g/mol. The summed E-state index contributed by atoms with van der Waals surface area (Å²) in [6.45, 7) is 4.08. The molecule has 2 aromatic heterocycles. The summed E-state index contributed by atoms with van der Waals surface area (Å²) in [7, 11) is 0. The predicted octanol–water partition coefficient (Wildman–Crippen LogP) is 4.06. The highest BCUT2D eigenvalue weighted by Gasteiger charge is 2.23. The third-order valence-corrected chi connectivity index (χ3v) is 6.13. The van der Waals surface area contributed by atoms with Crippen molar-refractivity contribution in [3.8, 4) is 10.6 Å². The largest absolute Gasteiger partial charge is 0.348 e. The van der Waals surface area contributed by atoms with Gasteiger partial charge in [-0.2, -0.15) is 0 Å². The van der Waals surface area contributed by atoms with Crippen molar-refractivity contribution >= 4 is 50.9 Å². The van der Waals surface area contributed by atoms with Gasteiger partial charge in [0.05, 0.1) is 9.75 Å². The average Bonchev–Trinajstić information content (AvgIpc) is 3.27. The number of thiazole rings is 1. The fourth-order valence-electron chi connectivity index (χ4n) is 2.56. The molecule has 1 aliphatic heterocycles. The topological polar surface area (TPSA) is 45.2 Å². The highest BCUT2D eigenvalue weighted by Crippen LogP contribution is 2.36. The Morgan fingerprint density at radius 2 is 2.22 bits per heavy atom. The number of rotatable bonds is 5. The number of hydrogen-bond acceptors (Lipinski definition) is 6. The van der Waals surface area contributed by atoms with E-state index in [4.69, 9.17) is 17.2 Å². The first-order valence-electron chi connectivity index (χ1n) is 7.83. The van der Waals surface area contributed by atoms with Gasteiger partial charge >= 0.3 is 0 Å². The minimum absolute atomic E-state index is 0.0225. The summed E-state index contributed by atoms with van der Waals surface area (Å²) in [6.07, 6.45) is 3.72. The quantitative estimate of drug-likeness (QED) is 0.812. The molecular formula is C16H19N3OS3. The van der Waals surface area contributed by atoms with E-state index in [2.05, 4.69) is 10.2 Å². The number of hydrogen-bond donors (Lipinski definition) is 1. The number of nitrogens with zero attached hydrogens (tertiary/aromatic N) is 2. The van der Waals surface area contributed by atoms with Gasteiger partial charge in [-0.15, -0.1) is 11.3 Å². The normalized spacial score (nSPS) is 14.2. The van der Waals surface area contributed by atoms with Gasteiger partial charge in [-0.05, 0) is 30.7 Å². The van der Waals surface area contributed by atoms with Crippen LogP contribution in [0.5, 0.6) is 0 Å². The lowest BCUT2D eigenvalue weighted by Gasteiger charge is -2.12. The van der Waals surface area contributed by atoms with Crippen LogP contribution in [0.3, 0.4) is 0 Å². The zero-order chi connectivity index (χ0) is 16.2. The van der Waals surface area contributed by atoms with Crippen molar-refractivity contribution in [1.82, 2.24) is 10.3 Å². The predicted molar refractivity (Wildman–Crippen MR) is 102 cm³/mol. The van der Waals surface area contributed by atoms with E-state index >= 15 is 0 Å². The second-order valence-corrected chi connectivity index (χ2v) is 7.81. The summed E-state index contributed by atoms with van der Waals surface area (Å²) < 4.78 is 0. The molecule has 1 amide bonds. The van der Waals surface area contributed by atoms with E-state index in [1.54, 1.807) is 22.7 Å². The van der Waals surface area contributed by atoms with Gasteiger partial charge in [0.1, 0.15) is 10.7 Å². The molecule has 1 aliphatic rings. The second-order valence-electron chi connectivity index (χ2n) is 5.47. The molecule has 7 heteroatoms. The van der Waals surface area contributed by atoms with Crippen molar-refractivity contribution in [2.75, 3.05) is 18.0 Å². The first kappa shape index (κ1) is 16.5. The van der Waals surface area contributed by atoms with Gasteiger partial charge in [0.2, 0.25) is 5.91 Å². The standard InChI is InChI=1S/C16H19N3OS3/c1-2-6-12(20)17-15(21)14-13(11-7-5-10-22-11)18-16(23-14)19-8-3-4-9-19/h5,7,10H,2-4,6,8-9H2,1H3,(H,17,20,21). The summed E-state index contributed by atoms with van der Waals surface area (Å²) in [5, 5.41) is 5.89. The number of thiocarbonyl (C=S) groups is 1. The lowest BCUT2D eigenvalue weighted by atomic mass is 10.3. The molecule has 0 spiro atoms. The molecule has 0 saturated carbocycles. The molecule has 1 fully saturated rings. The highest BCUT2D eigenvalue weighted by atomic mass is 32.1. The lowest BCUT2D eigenvalue weighted by molar-refractivity contribution is -0.119. The molecule has 2 aromatic rings. The van der Waals surface area contributed by atoms with Crippen molar-refractivity contribution in [3.05, 3.63) is 22.4 Å². The van der Waals surface area contributed by atoms with Crippen LogP contribution in [0.15, 0.2) is 17.5 Å². The molecule has 23 heavy (non-hydrogen) atoms. The van der Waals surface area contributed by atoms with Crippen LogP contribution in [0.25, 0.3) is 10.6 Å². The van der Waals surface area contributed by atoms with E-state index in [-0.39, 0.29) is 5.91 Å². The van der Waals surface area contributed by atoms with E-state index in [9.17, 15) is 4.79 Å². The molecule has 0 aliphatic carbocycles. The van der Waals surface area contributed by atoms with E-state index in [0.717, 1.165) is 40.1 Å². The maximum Gasteiger partial charge on any atom is 0.225 e. The molecule has 0 radical (unpaired) electrons. The van der Waals surface area contributed by atoms with Gasteiger partial charge in [-0.3, -0.25) is 4.79 Å². The van der Waals surface area contributed by atoms with E-state index in [1.165, 1.54) is 12.8 Å². The highest BCUT2D eigenvalue weighted by molar-refractivity contribution is 7.81. The van der Waals surface area contributed by atoms with Crippen LogP contribution in [0, 0.1) is 0 Å². The number of carbonyl (C=O) groups is 1. The van der Waals surface area contributed by atoms with Crippen LogP contribution in [-0.2, 0) is 4.79 Å². The Balaban J connectivity index is 1.90. The van der Waals surface area contributed by atoms with Crippen LogP contribution < -0.4 is 10.2 Å². The van der Waals surface area contributed by atoms with Crippen molar-refractivity contribution < 1.29 is 4.79 Å². The van der Waals surface area contributed by atoms with Crippen LogP contribution >= 0.6 is 34.9 Å². The molecule has 1 N–H and O–H groups in total. The van der Waals surface area contributed by atoms with E-state index in [0.29, 0.717) is 11.4 Å². The summed E-state index contributed by atoms with van der Waals surface area (Å²) in [6, 6.07) is 4.06. The smallest absolute Gasteiger partial charge is 0.225 e. The van der Waals surface area contributed by atoms with Gasteiger partial charge in [0.15, 0.2) is 5.13 Å².